The Hall–Kier alpha value is -2.37. The molecule has 6 nitrogen and oxygen atoms in total. The van der Waals surface area contributed by atoms with E-state index in [1.807, 2.05) is 0 Å². The monoisotopic (exact) mass is 341 g/mol. The van der Waals surface area contributed by atoms with Crippen molar-refractivity contribution >= 4 is 17.8 Å². The van der Waals surface area contributed by atoms with Crippen molar-refractivity contribution < 1.29 is 14.4 Å². The number of carbonyl (C=O) groups is 3. The van der Waals surface area contributed by atoms with Gasteiger partial charge in [-0.2, -0.15) is 0 Å². The predicted molar refractivity (Wildman–Crippen MR) is 92.0 cm³/mol. The molecule has 6 heteroatoms. The predicted octanol–water partition coefficient (Wildman–Crippen LogP) is 1.54. The maximum atomic E-state index is 13.4. The van der Waals surface area contributed by atoms with Crippen molar-refractivity contribution in [2.24, 2.45) is 0 Å². The van der Waals surface area contributed by atoms with Crippen molar-refractivity contribution in [3.8, 4) is 0 Å². The van der Waals surface area contributed by atoms with Crippen molar-refractivity contribution in [1.82, 2.24) is 15.5 Å². The highest BCUT2D eigenvalue weighted by molar-refractivity contribution is 6.08. The summed E-state index contributed by atoms with van der Waals surface area (Å²) in [4.78, 5) is 38.8. The van der Waals surface area contributed by atoms with Crippen LogP contribution in [0.4, 0.5) is 4.79 Å². The normalized spacial score (nSPS) is 27.2. The number of benzene rings is 1. The van der Waals surface area contributed by atoms with Crippen molar-refractivity contribution in [1.29, 1.82) is 0 Å². The summed E-state index contributed by atoms with van der Waals surface area (Å²) in [6, 6.07) is 5.87. The molecule has 4 rings (SSSR count). The van der Waals surface area contributed by atoms with Gasteiger partial charge in [-0.05, 0) is 38.7 Å². The van der Waals surface area contributed by atoms with Crippen LogP contribution >= 0.6 is 0 Å². The van der Waals surface area contributed by atoms with Crippen molar-refractivity contribution in [3.05, 3.63) is 34.9 Å². The standard InChI is InChI=1S/C19H23N3O3/c1-12-8-13(2)10-14(9-12)18(4-3-5-18)16(24)22-7-6-19(11-22)15(23)20-17(25)21-19/h8-10H,3-7,11H2,1-2H3,(H2,20,21,23,25). The van der Waals surface area contributed by atoms with Gasteiger partial charge in [-0.15, -0.1) is 0 Å². The second-order valence-corrected chi connectivity index (χ2v) is 7.78. The number of hydrogen-bond acceptors (Lipinski definition) is 3. The van der Waals surface area contributed by atoms with E-state index in [1.54, 1.807) is 4.90 Å². The van der Waals surface area contributed by atoms with Crippen molar-refractivity contribution in [3.63, 3.8) is 0 Å². The summed E-state index contributed by atoms with van der Waals surface area (Å²) in [5, 5.41) is 5.01. The number of rotatable bonds is 2. The van der Waals surface area contributed by atoms with E-state index in [2.05, 4.69) is 42.7 Å². The summed E-state index contributed by atoms with van der Waals surface area (Å²) in [5.74, 6) is -0.226. The van der Waals surface area contributed by atoms with Gasteiger partial charge in [0.15, 0.2) is 0 Å². The number of nitrogens with one attached hydrogen (secondary N) is 2. The number of likely N-dealkylation sites (tertiary alicyclic amines) is 1. The van der Waals surface area contributed by atoms with E-state index in [0.29, 0.717) is 13.0 Å². The third-order valence-corrected chi connectivity index (χ3v) is 5.96. The largest absolute Gasteiger partial charge is 0.339 e. The molecule has 2 saturated heterocycles. The van der Waals surface area contributed by atoms with E-state index in [9.17, 15) is 14.4 Å². The SMILES string of the molecule is Cc1cc(C)cc(C2(C(=O)N3CCC4(C3)NC(=O)NC4=O)CCC2)c1. The van der Waals surface area contributed by atoms with E-state index in [-0.39, 0.29) is 18.4 Å². The van der Waals surface area contributed by atoms with Crippen LogP contribution in [0.25, 0.3) is 0 Å². The van der Waals surface area contributed by atoms with E-state index in [1.165, 1.54) is 0 Å². The average Bonchev–Trinajstić information content (AvgIpc) is 3.01. The molecule has 0 aromatic heterocycles. The zero-order valence-corrected chi connectivity index (χ0v) is 14.6. The summed E-state index contributed by atoms with van der Waals surface area (Å²) >= 11 is 0. The Bertz CT molecular complexity index is 764. The highest BCUT2D eigenvalue weighted by Crippen LogP contribution is 2.46. The first kappa shape index (κ1) is 16.1. The zero-order chi connectivity index (χ0) is 17.8. The lowest BCUT2D eigenvalue weighted by Crippen LogP contribution is -2.54. The summed E-state index contributed by atoms with van der Waals surface area (Å²) in [7, 11) is 0. The average molecular weight is 341 g/mol. The molecule has 2 N–H and O–H groups in total. The summed E-state index contributed by atoms with van der Waals surface area (Å²) in [5.41, 5.74) is 1.99. The second-order valence-electron chi connectivity index (χ2n) is 7.78. The quantitative estimate of drug-likeness (QED) is 0.801. The first-order valence-corrected chi connectivity index (χ1v) is 8.86. The highest BCUT2D eigenvalue weighted by Gasteiger charge is 2.55. The van der Waals surface area contributed by atoms with Gasteiger partial charge < -0.3 is 10.2 Å². The molecular formula is C19H23N3O3. The van der Waals surface area contributed by atoms with Gasteiger partial charge in [-0.25, -0.2) is 4.79 Å². The van der Waals surface area contributed by atoms with E-state index in [4.69, 9.17) is 0 Å². The molecular weight excluding hydrogens is 318 g/mol. The summed E-state index contributed by atoms with van der Waals surface area (Å²) < 4.78 is 0. The Kier molecular flexibility index (Phi) is 3.42. The van der Waals surface area contributed by atoms with Crippen LogP contribution in [0.5, 0.6) is 0 Å². The van der Waals surface area contributed by atoms with Crippen molar-refractivity contribution in [2.75, 3.05) is 13.1 Å². The molecule has 0 bridgehead atoms. The van der Waals surface area contributed by atoms with Gasteiger partial charge in [0.05, 0.1) is 12.0 Å². The van der Waals surface area contributed by atoms with Crippen LogP contribution in [0.2, 0.25) is 0 Å². The lowest BCUT2D eigenvalue weighted by atomic mass is 9.63. The van der Waals surface area contributed by atoms with Gasteiger partial charge in [-0.1, -0.05) is 35.7 Å². The van der Waals surface area contributed by atoms with Crippen LogP contribution in [-0.2, 0) is 15.0 Å². The van der Waals surface area contributed by atoms with Gasteiger partial charge in [-0.3, -0.25) is 14.9 Å². The van der Waals surface area contributed by atoms with Crippen LogP contribution in [0, 0.1) is 13.8 Å². The van der Waals surface area contributed by atoms with Crippen LogP contribution in [0.1, 0.15) is 42.4 Å². The molecule has 132 valence electrons. The fraction of sp³-hybridized carbons (Fsp3) is 0.526. The first-order valence-electron chi connectivity index (χ1n) is 8.86. The molecule has 4 amide bonds. The number of amides is 4. The molecule has 1 aromatic rings. The third kappa shape index (κ3) is 2.34. The van der Waals surface area contributed by atoms with E-state index < -0.39 is 17.0 Å². The third-order valence-electron chi connectivity index (χ3n) is 5.96. The minimum Gasteiger partial charge on any atom is -0.339 e. The molecule has 3 fully saturated rings. The van der Waals surface area contributed by atoms with Crippen molar-refractivity contribution in [2.45, 2.75) is 50.5 Å². The zero-order valence-electron chi connectivity index (χ0n) is 14.6. The van der Waals surface area contributed by atoms with Gasteiger partial charge >= 0.3 is 6.03 Å². The Morgan fingerprint density at radius 1 is 1.08 bits per heavy atom. The van der Waals surface area contributed by atoms with Crippen LogP contribution in [0.15, 0.2) is 18.2 Å². The first-order chi connectivity index (χ1) is 11.8. The highest BCUT2D eigenvalue weighted by atomic mass is 16.2. The molecule has 0 radical (unpaired) electrons. The van der Waals surface area contributed by atoms with Crippen LogP contribution in [-0.4, -0.2) is 41.4 Å². The maximum absolute atomic E-state index is 13.4. The number of aryl methyl sites for hydroxylation is 2. The molecule has 1 aliphatic carbocycles. The van der Waals surface area contributed by atoms with E-state index >= 15 is 0 Å². The molecule has 1 spiro atoms. The molecule has 2 aliphatic heterocycles. The lowest BCUT2D eigenvalue weighted by molar-refractivity contribution is -0.140. The fourth-order valence-electron chi connectivity index (χ4n) is 4.51. The summed E-state index contributed by atoms with van der Waals surface area (Å²) in [6.45, 7) is 4.86. The van der Waals surface area contributed by atoms with Gasteiger partial charge in [0.2, 0.25) is 5.91 Å². The lowest BCUT2D eigenvalue weighted by Gasteiger charge is -2.43. The topological polar surface area (TPSA) is 78.5 Å². The van der Waals surface area contributed by atoms with Gasteiger partial charge in [0.25, 0.3) is 5.91 Å². The molecule has 25 heavy (non-hydrogen) atoms. The van der Waals surface area contributed by atoms with E-state index in [0.717, 1.165) is 36.0 Å². The number of hydrogen-bond donors (Lipinski definition) is 2. The Morgan fingerprint density at radius 3 is 2.28 bits per heavy atom. The van der Waals surface area contributed by atoms with Crippen LogP contribution in [0.3, 0.4) is 0 Å². The number of nitrogens with zero attached hydrogens (tertiary/aromatic N) is 1. The molecule has 1 saturated carbocycles. The molecule has 3 aliphatic rings. The Morgan fingerprint density at radius 2 is 1.76 bits per heavy atom. The Balaban J connectivity index is 1.61. The number of carbonyl (C=O) groups excluding carboxylic acids is 3. The van der Waals surface area contributed by atoms with Gasteiger partial charge in [0, 0.05) is 6.54 Å². The number of urea groups is 1. The molecule has 1 atom stereocenters. The summed E-state index contributed by atoms with van der Waals surface area (Å²) in [6.07, 6.45) is 3.20. The fourth-order valence-corrected chi connectivity index (χ4v) is 4.51. The van der Waals surface area contributed by atoms with Gasteiger partial charge in [0.1, 0.15) is 5.54 Å². The Labute approximate surface area is 147 Å². The minimum atomic E-state index is -0.944. The van der Waals surface area contributed by atoms with Crippen LogP contribution < -0.4 is 10.6 Å². The minimum absolute atomic E-state index is 0.0922. The smallest absolute Gasteiger partial charge is 0.322 e. The maximum Gasteiger partial charge on any atom is 0.322 e. The molecule has 1 aromatic carbocycles. The molecule has 1 unspecified atom stereocenters. The number of imide groups is 1. The second kappa shape index (κ2) is 5.31. The molecule has 2 heterocycles.